The van der Waals surface area contributed by atoms with Crippen LogP contribution < -0.4 is 10.6 Å². The normalized spacial score (nSPS) is 20.4. The molecular weight excluding hydrogens is 448 g/mol. The minimum atomic E-state index is -3.21. The summed E-state index contributed by atoms with van der Waals surface area (Å²) in [5, 5.41) is 5.66. The average molecular weight is 483 g/mol. The first-order chi connectivity index (χ1) is 14.9. The van der Waals surface area contributed by atoms with Crippen molar-refractivity contribution in [3.8, 4) is 0 Å². The lowest BCUT2D eigenvalue weighted by Crippen LogP contribution is -2.52. The number of amides is 2. The first-order valence-electron chi connectivity index (χ1n) is 10.8. The SMILES string of the molecule is C[C@@H]1CN(S(C)(=O)=O)CC[C@@H]1NC(=O)Nc1cnc2c(ccn2COCC[Si](C)(C)C)n1. The highest BCUT2D eigenvalue weighted by Crippen LogP contribution is 2.19. The van der Waals surface area contributed by atoms with Gasteiger partial charge in [-0.05, 0) is 24.4 Å². The summed E-state index contributed by atoms with van der Waals surface area (Å²) >= 11 is 0. The highest BCUT2D eigenvalue weighted by atomic mass is 32.2. The standard InChI is InChI=1S/C20H34N6O4SSi/c1-15-13-26(31(2,28)29)9-7-16(15)23-20(27)24-18-12-21-19-17(22-18)6-8-25(19)14-30-10-11-32(3,4)5/h6,8,12,15-16H,7,9-11,13-14H2,1-5H3,(H2,22,23,24,27)/t15-,16+/m1/s1. The third-order valence-electron chi connectivity index (χ3n) is 5.59. The van der Waals surface area contributed by atoms with Gasteiger partial charge in [0.1, 0.15) is 12.2 Å². The van der Waals surface area contributed by atoms with Gasteiger partial charge in [0.25, 0.3) is 0 Å². The molecule has 1 fully saturated rings. The van der Waals surface area contributed by atoms with E-state index in [9.17, 15) is 13.2 Å². The maximum atomic E-state index is 12.5. The lowest BCUT2D eigenvalue weighted by Gasteiger charge is -2.35. The highest BCUT2D eigenvalue weighted by molar-refractivity contribution is 7.88. The number of ether oxygens (including phenoxy) is 1. The number of rotatable bonds is 8. The Morgan fingerprint density at radius 3 is 2.75 bits per heavy atom. The topological polar surface area (TPSA) is 118 Å². The summed E-state index contributed by atoms with van der Waals surface area (Å²) in [6, 6.07) is 2.46. The third kappa shape index (κ3) is 6.74. The second-order valence-corrected chi connectivity index (χ2v) is 17.3. The number of carbonyl (C=O) groups excluding carboxylic acids is 1. The fourth-order valence-corrected chi connectivity index (χ4v) is 5.31. The molecule has 12 heteroatoms. The minimum absolute atomic E-state index is 0.00720. The molecule has 0 aliphatic carbocycles. The lowest BCUT2D eigenvalue weighted by molar-refractivity contribution is 0.0899. The van der Waals surface area contributed by atoms with Gasteiger partial charge < -0.3 is 14.6 Å². The Morgan fingerprint density at radius 2 is 2.09 bits per heavy atom. The molecule has 1 aliphatic rings. The second-order valence-electron chi connectivity index (χ2n) is 9.69. The van der Waals surface area contributed by atoms with Gasteiger partial charge in [-0.1, -0.05) is 26.6 Å². The van der Waals surface area contributed by atoms with E-state index >= 15 is 0 Å². The van der Waals surface area contributed by atoms with E-state index in [1.165, 1.54) is 16.8 Å². The van der Waals surface area contributed by atoms with Gasteiger partial charge in [-0.2, -0.15) is 0 Å². The molecule has 2 atom stereocenters. The average Bonchev–Trinajstić information content (AvgIpc) is 3.07. The van der Waals surface area contributed by atoms with Gasteiger partial charge in [0.05, 0.1) is 12.5 Å². The van der Waals surface area contributed by atoms with Crippen LogP contribution >= 0.6 is 0 Å². The molecule has 178 valence electrons. The molecule has 32 heavy (non-hydrogen) atoms. The number of nitrogens with zero attached hydrogens (tertiary/aromatic N) is 4. The van der Waals surface area contributed by atoms with Gasteiger partial charge >= 0.3 is 6.03 Å². The summed E-state index contributed by atoms with van der Waals surface area (Å²) in [6.07, 6.45) is 5.17. The molecule has 3 heterocycles. The molecule has 0 aromatic carbocycles. The van der Waals surface area contributed by atoms with Crippen molar-refractivity contribution in [3.05, 3.63) is 18.5 Å². The van der Waals surface area contributed by atoms with Crippen LogP contribution in [0.15, 0.2) is 18.5 Å². The van der Waals surface area contributed by atoms with Gasteiger partial charge in [0.15, 0.2) is 11.5 Å². The number of piperidine rings is 1. The molecule has 0 unspecified atom stereocenters. The van der Waals surface area contributed by atoms with Crippen LogP contribution in [0.25, 0.3) is 11.2 Å². The Labute approximate surface area is 190 Å². The largest absolute Gasteiger partial charge is 0.361 e. The van der Waals surface area contributed by atoms with E-state index in [1.54, 1.807) is 0 Å². The zero-order valence-corrected chi connectivity index (χ0v) is 21.3. The van der Waals surface area contributed by atoms with Crippen molar-refractivity contribution in [2.24, 2.45) is 5.92 Å². The first-order valence-corrected chi connectivity index (χ1v) is 16.4. The minimum Gasteiger partial charge on any atom is -0.361 e. The predicted molar refractivity (Wildman–Crippen MR) is 128 cm³/mol. The lowest BCUT2D eigenvalue weighted by atomic mass is 9.95. The van der Waals surface area contributed by atoms with Gasteiger partial charge in [0.2, 0.25) is 10.0 Å². The van der Waals surface area contributed by atoms with Gasteiger partial charge in [-0.15, -0.1) is 0 Å². The zero-order valence-electron chi connectivity index (χ0n) is 19.5. The molecule has 1 aliphatic heterocycles. The molecule has 1 saturated heterocycles. The number of nitrogens with one attached hydrogen (secondary N) is 2. The number of aromatic nitrogens is 3. The Morgan fingerprint density at radius 1 is 1.34 bits per heavy atom. The molecule has 0 spiro atoms. The number of carbonyl (C=O) groups is 1. The van der Waals surface area contributed by atoms with Crippen LogP contribution in [0.4, 0.5) is 10.6 Å². The Hall–Kier alpha value is -2.02. The van der Waals surface area contributed by atoms with Crippen molar-refractivity contribution in [3.63, 3.8) is 0 Å². The van der Waals surface area contributed by atoms with E-state index < -0.39 is 18.1 Å². The Kier molecular flexibility index (Phi) is 7.58. The van der Waals surface area contributed by atoms with Gasteiger partial charge in [-0.25, -0.2) is 27.5 Å². The Bertz CT molecular complexity index is 1050. The quantitative estimate of drug-likeness (QED) is 0.441. The number of hydrogen-bond acceptors (Lipinski definition) is 6. The molecule has 2 aromatic rings. The van der Waals surface area contributed by atoms with E-state index in [1.807, 2.05) is 23.8 Å². The molecule has 2 aromatic heterocycles. The number of hydrogen-bond donors (Lipinski definition) is 2. The maximum absolute atomic E-state index is 12.5. The first kappa shape index (κ1) is 24.6. The molecule has 0 saturated carbocycles. The van der Waals surface area contributed by atoms with E-state index in [2.05, 4.69) is 40.2 Å². The van der Waals surface area contributed by atoms with Crippen LogP contribution in [0.5, 0.6) is 0 Å². The van der Waals surface area contributed by atoms with E-state index in [-0.39, 0.29) is 18.0 Å². The molecule has 3 rings (SSSR count). The molecule has 0 bridgehead atoms. The summed E-state index contributed by atoms with van der Waals surface area (Å²) in [7, 11) is -4.34. The van der Waals surface area contributed by atoms with Crippen LogP contribution in [0.1, 0.15) is 13.3 Å². The van der Waals surface area contributed by atoms with Gasteiger partial charge in [0, 0.05) is 40.0 Å². The van der Waals surface area contributed by atoms with Crippen molar-refractivity contribution in [1.82, 2.24) is 24.2 Å². The monoisotopic (exact) mass is 482 g/mol. The fourth-order valence-electron chi connectivity index (χ4n) is 3.61. The Balaban J connectivity index is 1.53. The molecule has 0 radical (unpaired) electrons. The zero-order chi connectivity index (χ0) is 23.5. The van der Waals surface area contributed by atoms with Crippen molar-refractivity contribution in [2.45, 2.75) is 51.8 Å². The summed E-state index contributed by atoms with van der Waals surface area (Å²) in [6.45, 7) is 10.8. The summed E-state index contributed by atoms with van der Waals surface area (Å²) < 4.78 is 32.6. The third-order valence-corrected chi connectivity index (χ3v) is 8.56. The van der Waals surface area contributed by atoms with Crippen molar-refractivity contribution >= 4 is 41.1 Å². The van der Waals surface area contributed by atoms with E-state index in [0.717, 1.165) is 12.7 Å². The van der Waals surface area contributed by atoms with E-state index in [0.29, 0.717) is 43.2 Å². The van der Waals surface area contributed by atoms with Crippen LogP contribution in [0, 0.1) is 5.92 Å². The number of urea groups is 1. The van der Waals surface area contributed by atoms with Gasteiger partial charge in [-0.3, -0.25) is 5.32 Å². The summed E-state index contributed by atoms with van der Waals surface area (Å²) in [4.78, 5) is 21.4. The maximum Gasteiger partial charge on any atom is 0.320 e. The number of anilines is 1. The van der Waals surface area contributed by atoms with Crippen molar-refractivity contribution in [1.29, 1.82) is 0 Å². The summed E-state index contributed by atoms with van der Waals surface area (Å²) in [5.74, 6) is 0.362. The van der Waals surface area contributed by atoms with Crippen LogP contribution in [-0.4, -0.2) is 73.4 Å². The number of sulfonamides is 1. The van der Waals surface area contributed by atoms with Crippen molar-refractivity contribution < 1.29 is 17.9 Å². The highest BCUT2D eigenvalue weighted by Gasteiger charge is 2.31. The second kappa shape index (κ2) is 9.85. The van der Waals surface area contributed by atoms with E-state index in [4.69, 9.17) is 4.74 Å². The number of fused-ring (bicyclic) bond motifs is 1. The fraction of sp³-hybridized carbons (Fsp3) is 0.650. The van der Waals surface area contributed by atoms with Crippen molar-refractivity contribution in [2.75, 3.05) is 31.3 Å². The molecular formula is C20H34N6O4SSi. The molecule has 10 nitrogen and oxygen atoms in total. The van der Waals surface area contributed by atoms with Crippen LogP contribution in [0.3, 0.4) is 0 Å². The molecule has 2 N–H and O–H groups in total. The summed E-state index contributed by atoms with van der Waals surface area (Å²) in [5.41, 5.74) is 1.37. The molecule has 2 amide bonds. The predicted octanol–water partition coefficient (Wildman–Crippen LogP) is 2.54. The smallest absolute Gasteiger partial charge is 0.320 e. The van der Waals surface area contributed by atoms with Crippen LogP contribution in [-0.2, 0) is 21.5 Å². The van der Waals surface area contributed by atoms with Crippen LogP contribution in [0.2, 0.25) is 25.7 Å².